The Morgan fingerprint density at radius 1 is 1.31 bits per heavy atom. The normalized spacial score (nSPS) is 11.3. The molecule has 0 rings (SSSR count). The lowest BCUT2D eigenvalue weighted by atomic mass is 10.2. The molecule has 0 saturated heterocycles. The molecule has 0 N–H and O–H groups in total. The number of methoxy groups -OCH3 is 1. The van der Waals surface area contributed by atoms with Crippen LogP contribution in [0.5, 0.6) is 0 Å². The second-order valence-electron chi connectivity index (χ2n) is 3.15. The fraction of sp³-hybridized carbons (Fsp3) is 0.636. The van der Waals surface area contributed by atoms with Crippen LogP contribution in [0.2, 0.25) is 0 Å². The summed E-state index contributed by atoms with van der Waals surface area (Å²) in [5.41, 5.74) is 0. The van der Waals surface area contributed by atoms with Gasteiger partial charge in [0.05, 0.1) is 6.73 Å². The highest BCUT2D eigenvalue weighted by molar-refractivity contribution is 4.84. The monoisotopic (exact) mass is 183 g/mol. The van der Waals surface area contributed by atoms with Crippen molar-refractivity contribution in [3.8, 4) is 0 Å². The summed E-state index contributed by atoms with van der Waals surface area (Å²) in [5.74, 6) is 0. The van der Waals surface area contributed by atoms with Crippen molar-refractivity contribution in [3.63, 3.8) is 0 Å². The van der Waals surface area contributed by atoms with E-state index in [1.807, 2.05) is 13.1 Å². The van der Waals surface area contributed by atoms with E-state index >= 15 is 0 Å². The Labute approximate surface area is 81.9 Å². The van der Waals surface area contributed by atoms with Crippen molar-refractivity contribution in [3.05, 3.63) is 24.8 Å². The molecule has 13 heavy (non-hydrogen) atoms. The van der Waals surface area contributed by atoms with E-state index in [4.69, 9.17) is 4.74 Å². The van der Waals surface area contributed by atoms with Crippen molar-refractivity contribution in [2.45, 2.75) is 19.3 Å². The first-order valence-corrected chi connectivity index (χ1v) is 4.74. The first-order valence-electron chi connectivity index (χ1n) is 4.74. The van der Waals surface area contributed by atoms with Crippen molar-refractivity contribution in [1.82, 2.24) is 4.90 Å². The number of allylic oxidation sites excluding steroid dienone is 2. The van der Waals surface area contributed by atoms with E-state index in [1.165, 1.54) is 6.42 Å². The minimum atomic E-state index is 0.691. The molecule has 0 amide bonds. The predicted molar refractivity (Wildman–Crippen MR) is 57.7 cm³/mol. The van der Waals surface area contributed by atoms with Gasteiger partial charge in [-0.1, -0.05) is 18.2 Å². The Bertz CT molecular complexity index is 143. The van der Waals surface area contributed by atoms with Crippen LogP contribution in [0.4, 0.5) is 0 Å². The maximum atomic E-state index is 4.98. The number of ether oxygens (including phenoxy) is 1. The summed E-state index contributed by atoms with van der Waals surface area (Å²) in [5, 5.41) is 0. The van der Waals surface area contributed by atoms with Gasteiger partial charge in [0, 0.05) is 13.7 Å². The van der Waals surface area contributed by atoms with Crippen molar-refractivity contribution in [2.75, 3.05) is 27.4 Å². The molecule has 0 heterocycles. The van der Waals surface area contributed by atoms with Gasteiger partial charge in [-0.2, -0.15) is 0 Å². The first-order chi connectivity index (χ1) is 6.31. The Morgan fingerprint density at radius 2 is 2.08 bits per heavy atom. The minimum Gasteiger partial charge on any atom is -0.369 e. The zero-order chi connectivity index (χ0) is 9.94. The van der Waals surface area contributed by atoms with E-state index in [-0.39, 0.29) is 0 Å². The van der Waals surface area contributed by atoms with Crippen LogP contribution < -0.4 is 0 Å². The number of nitrogens with zero attached hydrogens (tertiary/aromatic N) is 1. The molecule has 0 spiro atoms. The molecule has 0 aromatic carbocycles. The highest BCUT2D eigenvalue weighted by atomic mass is 16.5. The Kier molecular flexibility index (Phi) is 9.05. The molecule has 0 aliphatic heterocycles. The van der Waals surface area contributed by atoms with Crippen molar-refractivity contribution >= 4 is 0 Å². The molecule has 0 atom stereocenters. The quantitative estimate of drug-likeness (QED) is 0.325. The molecule has 2 heteroatoms. The van der Waals surface area contributed by atoms with Crippen LogP contribution in [0.25, 0.3) is 0 Å². The fourth-order valence-electron chi connectivity index (χ4n) is 1.03. The van der Waals surface area contributed by atoms with Crippen LogP contribution in [0.15, 0.2) is 24.8 Å². The summed E-state index contributed by atoms with van der Waals surface area (Å²) in [7, 11) is 3.75. The Morgan fingerprint density at radius 3 is 2.69 bits per heavy atom. The van der Waals surface area contributed by atoms with Crippen molar-refractivity contribution in [1.29, 1.82) is 0 Å². The van der Waals surface area contributed by atoms with Crippen LogP contribution in [-0.4, -0.2) is 32.3 Å². The largest absolute Gasteiger partial charge is 0.369 e. The Hall–Kier alpha value is -0.600. The molecule has 0 bridgehead atoms. The summed E-state index contributed by atoms with van der Waals surface area (Å²) in [6.07, 6.45) is 9.82. The third kappa shape index (κ3) is 9.31. The van der Waals surface area contributed by atoms with Gasteiger partial charge in [0.2, 0.25) is 0 Å². The molecule has 0 aliphatic rings. The molecule has 0 radical (unpaired) electrons. The van der Waals surface area contributed by atoms with Gasteiger partial charge in [0.25, 0.3) is 0 Å². The highest BCUT2D eigenvalue weighted by Gasteiger charge is 1.90. The molecule has 76 valence electrons. The molecule has 2 nitrogen and oxygen atoms in total. The third-order valence-corrected chi connectivity index (χ3v) is 1.71. The Balaban J connectivity index is 3.24. The number of hydrogen-bond acceptors (Lipinski definition) is 2. The molecule has 0 aromatic rings. The van der Waals surface area contributed by atoms with Crippen molar-refractivity contribution in [2.24, 2.45) is 0 Å². The maximum Gasteiger partial charge on any atom is 0.0986 e. The van der Waals surface area contributed by atoms with Gasteiger partial charge in [-0.15, -0.1) is 6.58 Å². The second kappa shape index (κ2) is 9.49. The van der Waals surface area contributed by atoms with Gasteiger partial charge in [-0.3, -0.25) is 4.90 Å². The van der Waals surface area contributed by atoms with E-state index in [1.54, 1.807) is 7.11 Å². The molecule has 0 saturated carbocycles. The SMILES string of the molecule is C=CCCCC=CCN(C)COC. The van der Waals surface area contributed by atoms with Crippen LogP contribution in [-0.2, 0) is 4.74 Å². The van der Waals surface area contributed by atoms with E-state index in [0.29, 0.717) is 6.73 Å². The van der Waals surface area contributed by atoms with Crippen LogP contribution in [0, 0.1) is 0 Å². The molecule has 0 aliphatic carbocycles. The summed E-state index contributed by atoms with van der Waals surface area (Å²) >= 11 is 0. The number of rotatable bonds is 8. The zero-order valence-electron chi connectivity index (χ0n) is 8.83. The smallest absolute Gasteiger partial charge is 0.0986 e. The highest BCUT2D eigenvalue weighted by Crippen LogP contribution is 1.96. The molecular weight excluding hydrogens is 162 g/mol. The van der Waals surface area contributed by atoms with Gasteiger partial charge < -0.3 is 4.74 Å². The van der Waals surface area contributed by atoms with E-state index in [2.05, 4.69) is 23.6 Å². The fourth-order valence-corrected chi connectivity index (χ4v) is 1.03. The van der Waals surface area contributed by atoms with Gasteiger partial charge in [0.15, 0.2) is 0 Å². The molecule has 0 unspecified atom stereocenters. The van der Waals surface area contributed by atoms with E-state index in [9.17, 15) is 0 Å². The lowest BCUT2D eigenvalue weighted by molar-refractivity contribution is 0.0898. The third-order valence-electron chi connectivity index (χ3n) is 1.71. The summed E-state index contributed by atoms with van der Waals surface area (Å²) in [6.45, 7) is 5.33. The average Bonchev–Trinajstić information content (AvgIpc) is 2.11. The molecule has 0 fully saturated rings. The van der Waals surface area contributed by atoms with Gasteiger partial charge in [0.1, 0.15) is 0 Å². The minimum absolute atomic E-state index is 0.691. The van der Waals surface area contributed by atoms with Crippen molar-refractivity contribution < 1.29 is 4.74 Å². The summed E-state index contributed by atoms with van der Waals surface area (Å²) in [6, 6.07) is 0. The summed E-state index contributed by atoms with van der Waals surface area (Å²) in [4.78, 5) is 2.12. The summed E-state index contributed by atoms with van der Waals surface area (Å²) < 4.78 is 4.98. The van der Waals surface area contributed by atoms with Gasteiger partial charge in [-0.25, -0.2) is 0 Å². The molecule has 0 aromatic heterocycles. The van der Waals surface area contributed by atoms with E-state index in [0.717, 1.165) is 19.4 Å². The van der Waals surface area contributed by atoms with Crippen LogP contribution in [0.3, 0.4) is 0 Å². The van der Waals surface area contributed by atoms with Crippen LogP contribution in [0.1, 0.15) is 19.3 Å². The average molecular weight is 183 g/mol. The number of unbranched alkanes of at least 4 members (excludes halogenated alkanes) is 2. The lowest BCUT2D eigenvalue weighted by Crippen LogP contribution is -2.20. The predicted octanol–water partition coefficient (Wildman–Crippen LogP) is 2.43. The first kappa shape index (κ1) is 12.4. The lowest BCUT2D eigenvalue weighted by Gasteiger charge is -2.11. The topological polar surface area (TPSA) is 12.5 Å². The van der Waals surface area contributed by atoms with Crippen LogP contribution >= 0.6 is 0 Å². The number of likely N-dealkylation sites (N-methyl/N-ethyl adjacent to an activating group) is 1. The zero-order valence-corrected chi connectivity index (χ0v) is 8.83. The number of hydrogen-bond donors (Lipinski definition) is 0. The maximum absolute atomic E-state index is 4.98. The van der Waals surface area contributed by atoms with Gasteiger partial charge >= 0.3 is 0 Å². The van der Waals surface area contributed by atoms with Gasteiger partial charge in [-0.05, 0) is 26.3 Å². The molecular formula is C11H21NO. The second-order valence-corrected chi connectivity index (χ2v) is 3.15. The van der Waals surface area contributed by atoms with E-state index < -0.39 is 0 Å². The standard InChI is InChI=1S/C11H21NO/c1-4-5-6-7-8-9-10-12(2)11-13-3/h4,8-9H,1,5-7,10-11H2,2-3H3.